The molecule has 1 atom stereocenters. The number of carbonyl (C=O) groups is 1. The van der Waals surface area contributed by atoms with E-state index in [2.05, 4.69) is 20.6 Å². The van der Waals surface area contributed by atoms with E-state index in [1.165, 1.54) is 6.07 Å². The average Bonchev–Trinajstić information content (AvgIpc) is 3.26. The molecule has 1 saturated heterocycles. The molecule has 5 rings (SSSR count). The number of aromatic nitrogens is 3. The van der Waals surface area contributed by atoms with Crippen molar-refractivity contribution in [2.75, 3.05) is 29.9 Å². The highest BCUT2D eigenvalue weighted by Gasteiger charge is 2.24. The second kappa shape index (κ2) is 7.73. The van der Waals surface area contributed by atoms with Crippen LogP contribution in [0.5, 0.6) is 0 Å². The van der Waals surface area contributed by atoms with Gasteiger partial charge in [-0.1, -0.05) is 0 Å². The first kappa shape index (κ1) is 19.6. The molecule has 0 radical (unpaired) electrons. The summed E-state index contributed by atoms with van der Waals surface area (Å²) in [5.74, 6) is 1.09. The predicted molar refractivity (Wildman–Crippen MR) is 121 cm³/mol. The number of aryl methyl sites for hydroxylation is 1. The van der Waals surface area contributed by atoms with Crippen molar-refractivity contribution >= 4 is 50.0 Å². The number of amides is 1. The summed E-state index contributed by atoms with van der Waals surface area (Å²) in [6, 6.07) is 7.08. The molecule has 1 amide bonds. The average molecular weight is 437 g/mol. The Labute approximate surface area is 182 Å². The van der Waals surface area contributed by atoms with Crippen molar-refractivity contribution in [3.63, 3.8) is 0 Å². The maximum atomic E-state index is 14.2. The highest BCUT2D eigenvalue weighted by atomic mass is 32.1. The number of hydrogen-bond acceptors (Lipinski definition) is 7. The van der Waals surface area contributed by atoms with E-state index in [0.29, 0.717) is 30.0 Å². The molecule has 1 aliphatic rings. The monoisotopic (exact) mass is 436 g/mol. The SMILES string of the molecule is Cc1c(F)ccc2cc([C@H](C)Nc3ncnc4sccc34)c(N3CCNC(=O)C3)nc12. The summed E-state index contributed by atoms with van der Waals surface area (Å²) in [5.41, 5.74) is 2.04. The molecule has 1 aromatic carbocycles. The van der Waals surface area contributed by atoms with Gasteiger partial charge < -0.3 is 15.5 Å². The molecule has 7 nitrogen and oxygen atoms in total. The van der Waals surface area contributed by atoms with Gasteiger partial charge in [-0.15, -0.1) is 11.3 Å². The van der Waals surface area contributed by atoms with Crippen LogP contribution in [0.4, 0.5) is 16.0 Å². The largest absolute Gasteiger partial charge is 0.363 e. The van der Waals surface area contributed by atoms with E-state index in [1.807, 2.05) is 29.3 Å². The number of fused-ring (bicyclic) bond motifs is 2. The third kappa shape index (κ3) is 3.54. The maximum Gasteiger partial charge on any atom is 0.239 e. The summed E-state index contributed by atoms with van der Waals surface area (Å²) < 4.78 is 14.2. The fourth-order valence-corrected chi connectivity index (χ4v) is 4.68. The zero-order valence-corrected chi connectivity index (χ0v) is 18.0. The Bertz CT molecular complexity index is 1310. The van der Waals surface area contributed by atoms with Gasteiger partial charge in [0.15, 0.2) is 0 Å². The highest BCUT2D eigenvalue weighted by molar-refractivity contribution is 7.16. The normalized spacial score (nSPS) is 15.3. The van der Waals surface area contributed by atoms with Crippen LogP contribution in [0.3, 0.4) is 0 Å². The van der Waals surface area contributed by atoms with E-state index in [0.717, 1.165) is 27.0 Å². The van der Waals surface area contributed by atoms with Crippen LogP contribution in [0.25, 0.3) is 21.1 Å². The van der Waals surface area contributed by atoms with Crippen LogP contribution in [0.1, 0.15) is 24.1 Å². The van der Waals surface area contributed by atoms with E-state index in [9.17, 15) is 9.18 Å². The van der Waals surface area contributed by atoms with Crippen LogP contribution < -0.4 is 15.5 Å². The number of nitrogens with one attached hydrogen (secondary N) is 2. The Hall–Kier alpha value is -3.33. The second-order valence-corrected chi connectivity index (χ2v) is 8.54. The summed E-state index contributed by atoms with van der Waals surface area (Å²) in [7, 11) is 0. The lowest BCUT2D eigenvalue weighted by Crippen LogP contribution is -2.48. The summed E-state index contributed by atoms with van der Waals surface area (Å²) in [6.07, 6.45) is 1.55. The Kier molecular flexibility index (Phi) is 4.90. The zero-order valence-electron chi connectivity index (χ0n) is 17.1. The van der Waals surface area contributed by atoms with Crippen molar-refractivity contribution in [3.8, 4) is 0 Å². The first-order valence-electron chi connectivity index (χ1n) is 10.1. The first-order valence-corrected chi connectivity index (χ1v) is 11.0. The lowest BCUT2D eigenvalue weighted by Gasteiger charge is -2.31. The topological polar surface area (TPSA) is 83.0 Å². The number of pyridine rings is 1. The second-order valence-electron chi connectivity index (χ2n) is 7.64. The molecule has 0 saturated carbocycles. The molecule has 1 fully saturated rings. The molecule has 2 N–H and O–H groups in total. The number of benzene rings is 1. The number of rotatable bonds is 4. The van der Waals surface area contributed by atoms with E-state index >= 15 is 0 Å². The Morgan fingerprint density at radius 3 is 3.00 bits per heavy atom. The van der Waals surface area contributed by atoms with Gasteiger partial charge in [-0.2, -0.15) is 0 Å². The number of hydrogen-bond donors (Lipinski definition) is 2. The molecule has 3 aromatic heterocycles. The van der Waals surface area contributed by atoms with Gasteiger partial charge in [0.05, 0.1) is 23.5 Å². The van der Waals surface area contributed by atoms with Gasteiger partial charge in [0.2, 0.25) is 5.91 Å². The van der Waals surface area contributed by atoms with Gasteiger partial charge in [0.1, 0.15) is 28.6 Å². The minimum atomic E-state index is -0.290. The van der Waals surface area contributed by atoms with Gasteiger partial charge in [-0.3, -0.25) is 4.79 Å². The summed E-state index contributed by atoms with van der Waals surface area (Å²) in [5, 5.41) is 10.1. The van der Waals surface area contributed by atoms with Crippen molar-refractivity contribution in [2.45, 2.75) is 19.9 Å². The van der Waals surface area contributed by atoms with Crippen molar-refractivity contribution in [1.82, 2.24) is 20.3 Å². The Balaban J connectivity index is 1.61. The van der Waals surface area contributed by atoms with Gasteiger partial charge in [-0.05, 0) is 43.5 Å². The smallest absolute Gasteiger partial charge is 0.239 e. The molecule has 0 bridgehead atoms. The number of nitrogens with zero attached hydrogens (tertiary/aromatic N) is 4. The zero-order chi connectivity index (χ0) is 21.5. The number of halogens is 1. The van der Waals surface area contributed by atoms with E-state index in [1.54, 1.807) is 30.7 Å². The van der Waals surface area contributed by atoms with Gasteiger partial charge in [0.25, 0.3) is 0 Å². The van der Waals surface area contributed by atoms with Crippen molar-refractivity contribution in [2.24, 2.45) is 0 Å². The van der Waals surface area contributed by atoms with Crippen molar-refractivity contribution in [3.05, 3.63) is 52.9 Å². The van der Waals surface area contributed by atoms with E-state index in [4.69, 9.17) is 4.98 Å². The molecular formula is C22H21FN6OS. The lowest BCUT2D eigenvalue weighted by atomic mass is 10.0. The lowest BCUT2D eigenvalue weighted by molar-refractivity contribution is -0.120. The number of carbonyl (C=O) groups excluding carboxylic acids is 1. The van der Waals surface area contributed by atoms with Crippen LogP contribution in [0, 0.1) is 12.7 Å². The fourth-order valence-electron chi connectivity index (χ4n) is 3.94. The Morgan fingerprint density at radius 2 is 2.16 bits per heavy atom. The third-order valence-corrected chi connectivity index (χ3v) is 6.42. The molecule has 4 heterocycles. The fraction of sp³-hybridized carbons (Fsp3) is 0.273. The molecule has 31 heavy (non-hydrogen) atoms. The standard InChI is InChI=1S/C22H21FN6OS/c1-12-17(23)4-3-14-9-16(21(28-19(12)14)29-7-6-24-18(30)10-29)13(2)27-20-15-5-8-31-22(15)26-11-25-20/h3-5,8-9,11,13H,6-7,10H2,1-2H3,(H,24,30)(H,25,26,27)/t13-/m0/s1. The molecule has 0 spiro atoms. The minimum Gasteiger partial charge on any atom is -0.363 e. The van der Waals surface area contributed by atoms with Crippen LogP contribution in [0.2, 0.25) is 0 Å². The van der Waals surface area contributed by atoms with Gasteiger partial charge >= 0.3 is 0 Å². The molecule has 0 aliphatic carbocycles. The molecule has 9 heteroatoms. The summed E-state index contributed by atoms with van der Waals surface area (Å²) >= 11 is 1.56. The first-order chi connectivity index (χ1) is 15.0. The quantitative estimate of drug-likeness (QED) is 0.506. The molecule has 0 unspecified atom stereocenters. The molecule has 4 aromatic rings. The number of piperazine rings is 1. The third-order valence-electron chi connectivity index (χ3n) is 5.60. The maximum absolute atomic E-state index is 14.2. The Morgan fingerprint density at radius 1 is 1.29 bits per heavy atom. The van der Waals surface area contributed by atoms with Crippen LogP contribution in [-0.2, 0) is 4.79 Å². The molecule has 158 valence electrons. The van der Waals surface area contributed by atoms with Gasteiger partial charge in [0, 0.05) is 29.6 Å². The molecular weight excluding hydrogens is 415 g/mol. The van der Waals surface area contributed by atoms with E-state index in [-0.39, 0.29) is 24.3 Å². The summed E-state index contributed by atoms with van der Waals surface area (Å²) in [6.45, 7) is 5.17. The van der Waals surface area contributed by atoms with Crippen LogP contribution >= 0.6 is 11.3 Å². The van der Waals surface area contributed by atoms with E-state index < -0.39 is 0 Å². The number of thiophene rings is 1. The minimum absolute atomic E-state index is 0.0496. The van der Waals surface area contributed by atoms with Crippen LogP contribution in [0.15, 0.2) is 36.0 Å². The van der Waals surface area contributed by atoms with Crippen molar-refractivity contribution in [1.29, 1.82) is 0 Å². The van der Waals surface area contributed by atoms with Crippen molar-refractivity contribution < 1.29 is 9.18 Å². The molecule has 1 aliphatic heterocycles. The summed E-state index contributed by atoms with van der Waals surface area (Å²) in [4.78, 5) is 28.5. The predicted octanol–water partition coefficient (Wildman–Crippen LogP) is 3.80. The number of anilines is 2. The van der Waals surface area contributed by atoms with Gasteiger partial charge in [-0.25, -0.2) is 19.3 Å². The van der Waals surface area contributed by atoms with Crippen LogP contribution in [-0.4, -0.2) is 40.5 Å². The highest BCUT2D eigenvalue weighted by Crippen LogP contribution is 2.34.